The number of carbonyl (C=O) groups is 1. The van der Waals surface area contributed by atoms with Crippen LogP contribution in [0.5, 0.6) is 5.75 Å². The van der Waals surface area contributed by atoms with Crippen LogP contribution >= 0.6 is 0 Å². The molecule has 0 heterocycles. The molecule has 0 atom stereocenters. The quantitative estimate of drug-likeness (QED) is 0.755. The van der Waals surface area contributed by atoms with Crippen molar-refractivity contribution in [2.75, 3.05) is 6.61 Å². The van der Waals surface area contributed by atoms with E-state index in [0.717, 1.165) is 28.9 Å². The van der Waals surface area contributed by atoms with Crippen molar-refractivity contribution in [1.29, 1.82) is 0 Å². The van der Waals surface area contributed by atoms with Crippen molar-refractivity contribution in [3.63, 3.8) is 0 Å². The fourth-order valence-corrected chi connectivity index (χ4v) is 2.24. The molecule has 2 heteroatoms. The molecular formula is C18H20O2. The maximum atomic E-state index is 12.6. The Balaban J connectivity index is 2.25. The van der Waals surface area contributed by atoms with E-state index in [9.17, 15) is 4.79 Å². The van der Waals surface area contributed by atoms with E-state index < -0.39 is 0 Å². The van der Waals surface area contributed by atoms with E-state index in [1.807, 2.05) is 56.3 Å². The highest BCUT2D eigenvalue weighted by Gasteiger charge is 2.14. The molecular weight excluding hydrogens is 248 g/mol. The SMILES string of the molecule is CCCOc1ccc(C(=O)c2c(C)cccc2C)cc1. The summed E-state index contributed by atoms with van der Waals surface area (Å²) in [6, 6.07) is 13.3. The monoisotopic (exact) mass is 268 g/mol. The van der Waals surface area contributed by atoms with Crippen molar-refractivity contribution in [2.45, 2.75) is 27.2 Å². The minimum absolute atomic E-state index is 0.0719. The number of ether oxygens (including phenoxy) is 1. The summed E-state index contributed by atoms with van der Waals surface area (Å²) in [5.41, 5.74) is 3.53. The summed E-state index contributed by atoms with van der Waals surface area (Å²) in [7, 11) is 0. The molecule has 0 radical (unpaired) electrons. The molecule has 104 valence electrons. The minimum atomic E-state index is 0.0719. The molecule has 0 saturated heterocycles. The van der Waals surface area contributed by atoms with Gasteiger partial charge in [0.25, 0.3) is 0 Å². The van der Waals surface area contributed by atoms with Gasteiger partial charge in [0.1, 0.15) is 5.75 Å². The first-order chi connectivity index (χ1) is 9.63. The molecule has 2 nitrogen and oxygen atoms in total. The standard InChI is InChI=1S/C18H20O2/c1-4-12-20-16-10-8-15(9-11-16)18(19)17-13(2)6-5-7-14(17)3/h5-11H,4,12H2,1-3H3. The highest BCUT2D eigenvalue weighted by molar-refractivity contribution is 6.10. The van der Waals surface area contributed by atoms with Gasteiger partial charge in [0.15, 0.2) is 5.78 Å². The van der Waals surface area contributed by atoms with Gasteiger partial charge in [-0.1, -0.05) is 25.1 Å². The average Bonchev–Trinajstić information content (AvgIpc) is 2.45. The van der Waals surface area contributed by atoms with Crippen molar-refractivity contribution in [3.8, 4) is 5.75 Å². The van der Waals surface area contributed by atoms with Gasteiger partial charge in [0, 0.05) is 11.1 Å². The Hall–Kier alpha value is -2.09. The lowest BCUT2D eigenvalue weighted by atomic mass is 9.95. The second-order valence-electron chi connectivity index (χ2n) is 4.97. The van der Waals surface area contributed by atoms with Gasteiger partial charge in [-0.3, -0.25) is 4.79 Å². The van der Waals surface area contributed by atoms with E-state index >= 15 is 0 Å². The Morgan fingerprint density at radius 1 is 1.00 bits per heavy atom. The highest BCUT2D eigenvalue weighted by Crippen LogP contribution is 2.20. The highest BCUT2D eigenvalue weighted by atomic mass is 16.5. The Bertz CT molecular complexity index is 577. The Kier molecular flexibility index (Phi) is 4.57. The number of carbonyl (C=O) groups excluding carboxylic acids is 1. The van der Waals surface area contributed by atoms with Gasteiger partial charge < -0.3 is 4.74 Å². The molecule has 2 aromatic rings. The van der Waals surface area contributed by atoms with Crippen LogP contribution in [0.25, 0.3) is 0 Å². The van der Waals surface area contributed by atoms with Crippen molar-refractivity contribution in [3.05, 3.63) is 64.7 Å². The summed E-state index contributed by atoms with van der Waals surface area (Å²) >= 11 is 0. The number of aryl methyl sites for hydroxylation is 2. The van der Waals surface area contributed by atoms with Gasteiger partial charge in [0.2, 0.25) is 0 Å². The molecule has 0 saturated carbocycles. The van der Waals surface area contributed by atoms with Crippen LogP contribution in [-0.2, 0) is 0 Å². The van der Waals surface area contributed by atoms with E-state index in [1.165, 1.54) is 0 Å². The van der Waals surface area contributed by atoms with Crippen LogP contribution in [0.1, 0.15) is 40.4 Å². The Morgan fingerprint density at radius 2 is 1.60 bits per heavy atom. The Labute approximate surface area is 120 Å². The van der Waals surface area contributed by atoms with Gasteiger partial charge >= 0.3 is 0 Å². The van der Waals surface area contributed by atoms with E-state index in [1.54, 1.807) is 0 Å². The van der Waals surface area contributed by atoms with Crippen LogP contribution in [0.2, 0.25) is 0 Å². The van der Waals surface area contributed by atoms with Crippen molar-refractivity contribution in [1.82, 2.24) is 0 Å². The zero-order valence-electron chi connectivity index (χ0n) is 12.3. The molecule has 0 bridgehead atoms. The predicted octanol–water partition coefficient (Wildman–Crippen LogP) is 4.32. The van der Waals surface area contributed by atoms with Crippen LogP contribution in [-0.4, -0.2) is 12.4 Å². The number of hydrogen-bond acceptors (Lipinski definition) is 2. The molecule has 0 aromatic heterocycles. The van der Waals surface area contributed by atoms with Gasteiger partial charge in [-0.15, -0.1) is 0 Å². The van der Waals surface area contributed by atoms with E-state index in [2.05, 4.69) is 6.92 Å². The number of hydrogen-bond donors (Lipinski definition) is 0. The summed E-state index contributed by atoms with van der Waals surface area (Å²) in [6.45, 7) is 6.71. The Morgan fingerprint density at radius 3 is 2.15 bits per heavy atom. The maximum absolute atomic E-state index is 12.6. The molecule has 0 spiro atoms. The molecule has 20 heavy (non-hydrogen) atoms. The van der Waals surface area contributed by atoms with Gasteiger partial charge in [-0.25, -0.2) is 0 Å². The summed E-state index contributed by atoms with van der Waals surface area (Å²) in [5.74, 6) is 0.882. The van der Waals surface area contributed by atoms with Gasteiger partial charge in [0.05, 0.1) is 6.61 Å². The van der Waals surface area contributed by atoms with Crippen molar-refractivity contribution in [2.24, 2.45) is 0 Å². The molecule has 0 aliphatic heterocycles. The molecule has 2 aromatic carbocycles. The lowest BCUT2D eigenvalue weighted by molar-refractivity contribution is 0.103. The topological polar surface area (TPSA) is 26.3 Å². The minimum Gasteiger partial charge on any atom is -0.494 e. The third-order valence-corrected chi connectivity index (χ3v) is 3.30. The lowest BCUT2D eigenvalue weighted by Crippen LogP contribution is -2.06. The van der Waals surface area contributed by atoms with Crippen molar-refractivity contribution >= 4 is 5.78 Å². The summed E-state index contributed by atoms with van der Waals surface area (Å²) in [5, 5.41) is 0. The van der Waals surface area contributed by atoms with Crippen molar-refractivity contribution < 1.29 is 9.53 Å². The molecule has 0 fully saturated rings. The smallest absolute Gasteiger partial charge is 0.193 e. The van der Waals surface area contributed by atoms with Crippen LogP contribution in [0.15, 0.2) is 42.5 Å². The van der Waals surface area contributed by atoms with E-state index in [0.29, 0.717) is 12.2 Å². The molecule has 0 N–H and O–H groups in total. The van der Waals surface area contributed by atoms with Crippen LogP contribution < -0.4 is 4.74 Å². The summed E-state index contributed by atoms with van der Waals surface area (Å²) in [4.78, 5) is 12.6. The maximum Gasteiger partial charge on any atom is 0.193 e. The van der Waals surface area contributed by atoms with Gasteiger partial charge in [-0.05, 0) is 55.7 Å². The molecule has 0 aliphatic carbocycles. The first-order valence-corrected chi connectivity index (χ1v) is 6.97. The first kappa shape index (κ1) is 14.3. The second kappa shape index (κ2) is 6.38. The number of benzene rings is 2. The molecule has 0 unspecified atom stereocenters. The summed E-state index contributed by atoms with van der Waals surface area (Å²) < 4.78 is 5.53. The van der Waals surface area contributed by atoms with Crippen LogP contribution in [0.4, 0.5) is 0 Å². The number of ketones is 1. The first-order valence-electron chi connectivity index (χ1n) is 6.97. The average molecular weight is 268 g/mol. The fraction of sp³-hybridized carbons (Fsp3) is 0.278. The third-order valence-electron chi connectivity index (χ3n) is 3.30. The molecule has 0 aliphatic rings. The zero-order chi connectivity index (χ0) is 14.5. The summed E-state index contributed by atoms with van der Waals surface area (Å²) in [6.07, 6.45) is 0.975. The van der Waals surface area contributed by atoms with Crippen LogP contribution in [0, 0.1) is 13.8 Å². The fourth-order valence-electron chi connectivity index (χ4n) is 2.24. The molecule has 0 amide bonds. The van der Waals surface area contributed by atoms with Gasteiger partial charge in [-0.2, -0.15) is 0 Å². The lowest BCUT2D eigenvalue weighted by Gasteiger charge is -2.09. The normalized spacial score (nSPS) is 10.3. The largest absolute Gasteiger partial charge is 0.494 e. The number of rotatable bonds is 5. The predicted molar refractivity (Wildman–Crippen MR) is 81.6 cm³/mol. The zero-order valence-corrected chi connectivity index (χ0v) is 12.3. The van der Waals surface area contributed by atoms with E-state index in [-0.39, 0.29) is 5.78 Å². The van der Waals surface area contributed by atoms with E-state index in [4.69, 9.17) is 4.74 Å². The van der Waals surface area contributed by atoms with Crippen LogP contribution in [0.3, 0.4) is 0 Å². The second-order valence-corrected chi connectivity index (χ2v) is 4.97. The molecule has 2 rings (SSSR count). The third kappa shape index (κ3) is 3.08.